The van der Waals surface area contributed by atoms with Crippen LogP contribution in [0.15, 0.2) is 97.1 Å². The van der Waals surface area contributed by atoms with Crippen molar-refractivity contribution < 1.29 is 9.84 Å². The number of anilines is 1. The van der Waals surface area contributed by atoms with Crippen molar-refractivity contribution in [3.05, 3.63) is 125 Å². The molecule has 1 unspecified atom stereocenters. The number of phenolic OH excluding ortho intramolecular Hbond substituents is 1. The topological polar surface area (TPSA) is 32.7 Å². The Labute approximate surface area is 188 Å². The number of aromatic hydroxyl groups is 1. The maximum atomic E-state index is 10.9. The molecule has 0 saturated heterocycles. The van der Waals surface area contributed by atoms with Crippen LogP contribution in [-0.2, 0) is 6.42 Å². The molecule has 0 radical (unpaired) electrons. The number of phenols is 1. The fourth-order valence-corrected chi connectivity index (χ4v) is 5.28. The first-order chi connectivity index (χ1) is 15.8. The van der Waals surface area contributed by atoms with Crippen molar-refractivity contribution in [2.45, 2.75) is 18.4 Å². The fraction of sp³-hybridized carbons (Fsp3) is 0.172. The zero-order valence-corrected chi connectivity index (χ0v) is 17.8. The predicted molar refractivity (Wildman–Crippen MR) is 128 cm³/mol. The van der Waals surface area contributed by atoms with Gasteiger partial charge in [-0.05, 0) is 34.4 Å². The van der Waals surface area contributed by atoms with Crippen LogP contribution in [0.4, 0.5) is 5.69 Å². The number of benzene rings is 4. The number of fused-ring (bicyclic) bond motifs is 2. The van der Waals surface area contributed by atoms with E-state index in [1.54, 1.807) is 6.07 Å². The number of rotatable bonds is 4. The smallest absolute Gasteiger partial charge is 0.126 e. The Morgan fingerprint density at radius 3 is 2.16 bits per heavy atom. The molecule has 0 bridgehead atoms. The molecule has 0 aliphatic carbocycles. The second-order valence-corrected chi connectivity index (χ2v) is 8.60. The lowest BCUT2D eigenvalue weighted by molar-refractivity contribution is 0.354. The minimum atomic E-state index is 0.100. The van der Waals surface area contributed by atoms with Gasteiger partial charge in [0.05, 0.1) is 12.6 Å². The standard InChI is InChI=1S/C29H25NO2/c31-27-18-28-22(15-16-32-28)17-24(27)25-19-30(26-14-8-7-13-23(25)26)29(20-9-3-1-4-10-20)21-11-5-2-6-12-21/h1-14,17-18,25,29,31H,15-16,19H2. The quantitative estimate of drug-likeness (QED) is 0.436. The van der Waals surface area contributed by atoms with Crippen molar-refractivity contribution in [1.82, 2.24) is 0 Å². The maximum Gasteiger partial charge on any atom is 0.126 e. The summed E-state index contributed by atoms with van der Waals surface area (Å²) >= 11 is 0. The average molecular weight is 420 g/mol. The van der Waals surface area contributed by atoms with Crippen molar-refractivity contribution in [3.8, 4) is 11.5 Å². The van der Waals surface area contributed by atoms with E-state index in [-0.39, 0.29) is 12.0 Å². The maximum absolute atomic E-state index is 10.9. The van der Waals surface area contributed by atoms with Crippen molar-refractivity contribution in [2.24, 2.45) is 0 Å². The summed E-state index contributed by atoms with van der Waals surface area (Å²) in [6.07, 6.45) is 0.900. The SMILES string of the molecule is Oc1cc2c(cc1C1CN(C(c3ccccc3)c3ccccc3)c3ccccc31)CCO2. The predicted octanol–water partition coefficient (Wildman–Crippen LogP) is 6.07. The third-order valence-electron chi connectivity index (χ3n) is 6.76. The summed E-state index contributed by atoms with van der Waals surface area (Å²) in [5.41, 5.74) is 7.20. The average Bonchev–Trinajstić information content (AvgIpc) is 3.45. The van der Waals surface area contributed by atoms with E-state index in [2.05, 4.69) is 95.9 Å². The number of hydrogen-bond donors (Lipinski definition) is 1. The molecule has 4 aromatic carbocycles. The summed E-state index contributed by atoms with van der Waals surface area (Å²) in [5, 5.41) is 10.9. The van der Waals surface area contributed by atoms with E-state index in [9.17, 15) is 5.11 Å². The molecule has 4 aromatic rings. The van der Waals surface area contributed by atoms with E-state index < -0.39 is 0 Å². The molecule has 0 fully saturated rings. The van der Waals surface area contributed by atoms with Gasteiger partial charge in [0.2, 0.25) is 0 Å². The molecule has 2 aliphatic rings. The fourth-order valence-electron chi connectivity index (χ4n) is 5.28. The van der Waals surface area contributed by atoms with Gasteiger partial charge in [-0.2, -0.15) is 0 Å². The van der Waals surface area contributed by atoms with Crippen LogP contribution in [0.1, 0.15) is 39.8 Å². The molecule has 2 heterocycles. The van der Waals surface area contributed by atoms with Gasteiger partial charge in [0.1, 0.15) is 11.5 Å². The van der Waals surface area contributed by atoms with Crippen molar-refractivity contribution >= 4 is 5.69 Å². The molecule has 158 valence electrons. The Morgan fingerprint density at radius 1 is 0.781 bits per heavy atom. The molecule has 6 rings (SSSR count). The second-order valence-electron chi connectivity index (χ2n) is 8.60. The molecule has 0 saturated carbocycles. The molecule has 1 atom stereocenters. The van der Waals surface area contributed by atoms with Gasteiger partial charge in [-0.15, -0.1) is 0 Å². The Balaban J connectivity index is 1.48. The molecule has 0 spiro atoms. The molecular formula is C29H25NO2. The number of ether oxygens (including phenoxy) is 1. The lowest BCUT2D eigenvalue weighted by Gasteiger charge is -2.32. The van der Waals surface area contributed by atoms with E-state index in [1.165, 1.54) is 27.9 Å². The second kappa shape index (κ2) is 7.76. The molecule has 3 nitrogen and oxygen atoms in total. The van der Waals surface area contributed by atoms with Crippen molar-refractivity contribution in [2.75, 3.05) is 18.1 Å². The van der Waals surface area contributed by atoms with Gasteiger partial charge < -0.3 is 14.7 Å². The molecule has 0 amide bonds. The Hall–Kier alpha value is -3.72. The van der Waals surface area contributed by atoms with Gasteiger partial charge in [-0.1, -0.05) is 78.9 Å². The van der Waals surface area contributed by atoms with Gasteiger partial charge >= 0.3 is 0 Å². The number of hydrogen-bond acceptors (Lipinski definition) is 3. The first-order valence-corrected chi connectivity index (χ1v) is 11.2. The lowest BCUT2D eigenvalue weighted by Crippen LogP contribution is -2.28. The van der Waals surface area contributed by atoms with Crippen LogP contribution in [0.3, 0.4) is 0 Å². The van der Waals surface area contributed by atoms with Crippen LogP contribution < -0.4 is 9.64 Å². The third kappa shape index (κ3) is 3.13. The number of para-hydroxylation sites is 1. The minimum absolute atomic E-state index is 0.100. The zero-order chi connectivity index (χ0) is 21.5. The third-order valence-corrected chi connectivity index (χ3v) is 6.76. The van der Waals surface area contributed by atoms with Crippen LogP contribution in [0.5, 0.6) is 11.5 Å². The van der Waals surface area contributed by atoms with Crippen molar-refractivity contribution in [1.29, 1.82) is 0 Å². The summed E-state index contributed by atoms with van der Waals surface area (Å²) in [5.74, 6) is 1.25. The van der Waals surface area contributed by atoms with E-state index >= 15 is 0 Å². The largest absolute Gasteiger partial charge is 0.508 e. The molecule has 2 aliphatic heterocycles. The summed E-state index contributed by atoms with van der Waals surface area (Å²) in [4.78, 5) is 2.49. The van der Waals surface area contributed by atoms with E-state index in [4.69, 9.17) is 4.74 Å². The summed E-state index contributed by atoms with van der Waals surface area (Å²) in [6, 6.07) is 34.1. The van der Waals surface area contributed by atoms with Crippen LogP contribution in [0.2, 0.25) is 0 Å². The Morgan fingerprint density at radius 2 is 1.44 bits per heavy atom. The van der Waals surface area contributed by atoms with Gasteiger partial charge in [-0.3, -0.25) is 0 Å². The van der Waals surface area contributed by atoms with E-state index in [0.717, 1.165) is 24.3 Å². The molecule has 32 heavy (non-hydrogen) atoms. The minimum Gasteiger partial charge on any atom is -0.508 e. The number of nitrogens with zero attached hydrogens (tertiary/aromatic N) is 1. The first kappa shape index (κ1) is 19.0. The monoisotopic (exact) mass is 419 g/mol. The normalized spacial score (nSPS) is 16.7. The lowest BCUT2D eigenvalue weighted by atomic mass is 9.90. The van der Waals surface area contributed by atoms with Crippen LogP contribution >= 0.6 is 0 Å². The van der Waals surface area contributed by atoms with E-state index in [1.807, 2.05) is 0 Å². The summed E-state index contributed by atoms with van der Waals surface area (Å²) < 4.78 is 5.67. The zero-order valence-electron chi connectivity index (χ0n) is 17.8. The van der Waals surface area contributed by atoms with Gasteiger partial charge in [0, 0.05) is 36.2 Å². The Kier molecular flexibility index (Phi) is 4.61. The highest BCUT2D eigenvalue weighted by Crippen LogP contribution is 2.48. The van der Waals surface area contributed by atoms with Gasteiger partial charge in [0.25, 0.3) is 0 Å². The molecular weight excluding hydrogens is 394 g/mol. The van der Waals surface area contributed by atoms with Gasteiger partial charge in [-0.25, -0.2) is 0 Å². The summed E-state index contributed by atoms with van der Waals surface area (Å²) in [7, 11) is 0. The Bertz CT molecular complexity index is 1210. The van der Waals surface area contributed by atoms with Crippen LogP contribution in [0, 0.1) is 0 Å². The van der Waals surface area contributed by atoms with Crippen molar-refractivity contribution in [3.63, 3.8) is 0 Å². The molecule has 3 heteroatoms. The first-order valence-electron chi connectivity index (χ1n) is 11.2. The van der Waals surface area contributed by atoms with E-state index in [0.29, 0.717) is 12.4 Å². The summed E-state index contributed by atoms with van der Waals surface area (Å²) in [6.45, 7) is 1.50. The highest BCUT2D eigenvalue weighted by atomic mass is 16.5. The van der Waals surface area contributed by atoms with Crippen LogP contribution in [-0.4, -0.2) is 18.3 Å². The highest BCUT2D eigenvalue weighted by molar-refractivity contribution is 5.67. The molecule has 1 N–H and O–H groups in total. The van der Waals surface area contributed by atoms with Crippen LogP contribution in [0.25, 0.3) is 0 Å². The molecule has 0 aromatic heterocycles. The highest BCUT2D eigenvalue weighted by Gasteiger charge is 2.36. The van der Waals surface area contributed by atoms with Gasteiger partial charge in [0.15, 0.2) is 0 Å².